The molecule has 0 radical (unpaired) electrons. The summed E-state index contributed by atoms with van der Waals surface area (Å²) in [5.41, 5.74) is 5.64. The number of hydrogen-bond acceptors (Lipinski definition) is 7. The molecule has 3 rings (SSSR count). The van der Waals surface area contributed by atoms with Crippen molar-refractivity contribution in [3.05, 3.63) is 18.5 Å². The zero-order valence-electron chi connectivity index (χ0n) is 9.95. The molecule has 2 aromatic heterocycles. The molecule has 19 heavy (non-hydrogen) atoms. The van der Waals surface area contributed by atoms with Crippen molar-refractivity contribution in [3.8, 4) is 5.95 Å². The largest absolute Gasteiger partial charge is 0.368 e. The molecule has 1 amide bonds. The molecule has 9 nitrogen and oxygen atoms in total. The number of nitrogen functional groups attached to an aromatic ring is 1. The van der Waals surface area contributed by atoms with Gasteiger partial charge < -0.3 is 16.4 Å². The third-order valence-electron chi connectivity index (χ3n) is 2.66. The van der Waals surface area contributed by atoms with E-state index >= 15 is 0 Å². The normalized spacial score (nSPS) is 18.3. The molecule has 1 atom stereocenters. The van der Waals surface area contributed by atoms with E-state index < -0.39 is 0 Å². The second kappa shape index (κ2) is 4.52. The Labute approximate surface area is 108 Å². The maximum Gasteiger partial charge on any atom is 0.257 e. The molecular formula is C10H12N8O. The maximum absolute atomic E-state index is 11.1. The van der Waals surface area contributed by atoms with Crippen molar-refractivity contribution in [1.29, 1.82) is 0 Å². The SMILES string of the molecule is Nc1nc(NC2CNC(=O)C2)nc(-n2cccn2)n1. The Kier molecular flexibility index (Phi) is 2.71. The van der Waals surface area contributed by atoms with E-state index in [9.17, 15) is 4.79 Å². The number of anilines is 2. The summed E-state index contributed by atoms with van der Waals surface area (Å²) in [6, 6.07) is 1.71. The summed E-state index contributed by atoms with van der Waals surface area (Å²) in [5.74, 6) is 0.767. The molecule has 98 valence electrons. The predicted molar refractivity (Wildman–Crippen MR) is 66.4 cm³/mol. The van der Waals surface area contributed by atoms with Crippen molar-refractivity contribution in [2.75, 3.05) is 17.6 Å². The summed E-state index contributed by atoms with van der Waals surface area (Å²) in [4.78, 5) is 23.3. The van der Waals surface area contributed by atoms with Crippen LogP contribution in [-0.2, 0) is 4.79 Å². The molecule has 1 unspecified atom stereocenters. The minimum atomic E-state index is -0.0419. The van der Waals surface area contributed by atoms with E-state index in [0.29, 0.717) is 24.9 Å². The molecule has 3 heterocycles. The lowest BCUT2D eigenvalue weighted by atomic mass is 10.3. The van der Waals surface area contributed by atoms with Gasteiger partial charge in [0.05, 0.1) is 6.04 Å². The Balaban J connectivity index is 1.84. The highest BCUT2D eigenvalue weighted by molar-refractivity contribution is 5.79. The summed E-state index contributed by atoms with van der Waals surface area (Å²) < 4.78 is 1.49. The van der Waals surface area contributed by atoms with Crippen molar-refractivity contribution in [3.63, 3.8) is 0 Å². The third kappa shape index (κ3) is 2.44. The van der Waals surface area contributed by atoms with Gasteiger partial charge in [-0.1, -0.05) is 0 Å². The van der Waals surface area contributed by atoms with E-state index in [1.54, 1.807) is 18.5 Å². The average Bonchev–Trinajstić information content (AvgIpc) is 3.00. The van der Waals surface area contributed by atoms with Crippen LogP contribution in [0.15, 0.2) is 18.5 Å². The van der Waals surface area contributed by atoms with Crippen LogP contribution in [0.3, 0.4) is 0 Å². The van der Waals surface area contributed by atoms with Crippen molar-refractivity contribution in [2.45, 2.75) is 12.5 Å². The molecule has 2 aromatic rings. The first kappa shape index (κ1) is 11.4. The number of rotatable bonds is 3. The van der Waals surface area contributed by atoms with Crippen molar-refractivity contribution < 1.29 is 4.79 Å². The quantitative estimate of drug-likeness (QED) is 0.642. The van der Waals surface area contributed by atoms with Crippen LogP contribution in [0, 0.1) is 0 Å². The number of aromatic nitrogens is 5. The molecule has 0 bridgehead atoms. The van der Waals surface area contributed by atoms with Crippen LogP contribution in [0.5, 0.6) is 0 Å². The van der Waals surface area contributed by atoms with Crippen LogP contribution in [0.25, 0.3) is 5.95 Å². The van der Waals surface area contributed by atoms with Gasteiger partial charge in [-0.3, -0.25) is 4.79 Å². The van der Waals surface area contributed by atoms with Crippen molar-refractivity contribution in [2.24, 2.45) is 0 Å². The molecule has 0 aliphatic carbocycles. The predicted octanol–water partition coefficient (Wildman–Crippen LogP) is -1.06. The van der Waals surface area contributed by atoms with E-state index in [-0.39, 0.29) is 17.9 Å². The van der Waals surface area contributed by atoms with Crippen LogP contribution in [0.1, 0.15) is 6.42 Å². The molecule has 1 saturated heterocycles. The third-order valence-corrected chi connectivity index (χ3v) is 2.66. The van der Waals surface area contributed by atoms with Gasteiger partial charge in [-0.15, -0.1) is 0 Å². The summed E-state index contributed by atoms with van der Waals surface area (Å²) >= 11 is 0. The number of carbonyl (C=O) groups excluding carboxylic acids is 1. The molecule has 9 heteroatoms. The van der Waals surface area contributed by atoms with Gasteiger partial charge in [-0.25, -0.2) is 4.68 Å². The summed E-state index contributed by atoms with van der Waals surface area (Å²) in [5, 5.41) is 9.80. The molecule has 1 aliphatic rings. The molecule has 0 aromatic carbocycles. The van der Waals surface area contributed by atoms with E-state index in [2.05, 4.69) is 30.7 Å². The zero-order chi connectivity index (χ0) is 13.2. The number of nitrogens with zero attached hydrogens (tertiary/aromatic N) is 5. The van der Waals surface area contributed by atoms with Crippen LogP contribution < -0.4 is 16.4 Å². The molecule has 1 fully saturated rings. The van der Waals surface area contributed by atoms with E-state index in [1.807, 2.05) is 0 Å². The van der Waals surface area contributed by atoms with Crippen LogP contribution in [-0.4, -0.2) is 43.2 Å². The monoisotopic (exact) mass is 260 g/mol. The standard InChI is InChI=1S/C10H12N8O/c11-8-15-9(14-6-4-7(19)12-5-6)17-10(16-8)18-3-1-2-13-18/h1-3,6H,4-5H2,(H,12,19)(H3,11,14,15,16,17). The van der Waals surface area contributed by atoms with Gasteiger partial charge in [0, 0.05) is 25.4 Å². The smallest absolute Gasteiger partial charge is 0.257 e. The highest BCUT2D eigenvalue weighted by atomic mass is 16.1. The van der Waals surface area contributed by atoms with Gasteiger partial charge in [0.2, 0.25) is 17.8 Å². The van der Waals surface area contributed by atoms with E-state index in [0.717, 1.165) is 0 Å². The number of carbonyl (C=O) groups is 1. The van der Waals surface area contributed by atoms with Crippen LogP contribution in [0.2, 0.25) is 0 Å². The lowest BCUT2D eigenvalue weighted by molar-refractivity contribution is -0.119. The number of hydrogen-bond donors (Lipinski definition) is 3. The lowest BCUT2D eigenvalue weighted by Crippen LogP contribution is -2.24. The summed E-state index contributed by atoms with van der Waals surface area (Å²) in [6.07, 6.45) is 3.72. The Hall–Kier alpha value is -2.71. The van der Waals surface area contributed by atoms with Gasteiger partial charge in [0.25, 0.3) is 5.95 Å². The van der Waals surface area contributed by atoms with Crippen molar-refractivity contribution >= 4 is 17.8 Å². The fraction of sp³-hybridized carbons (Fsp3) is 0.300. The molecule has 0 saturated carbocycles. The fourth-order valence-corrected chi connectivity index (χ4v) is 1.82. The van der Waals surface area contributed by atoms with Gasteiger partial charge >= 0.3 is 0 Å². The fourth-order valence-electron chi connectivity index (χ4n) is 1.82. The number of nitrogens with two attached hydrogens (primary N) is 1. The van der Waals surface area contributed by atoms with Gasteiger partial charge in [-0.2, -0.15) is 20.1 Å². The lowest BCUT2D eigenvalue weighted by Gasteiger charge is -2.11. The van der Waals surface area contributed by atoms with Crippen LogP contribution >= 0.6 is 0 Å². The van der Waals surface area contributed by atoms with Gasteiger partial charge in [-0.05, 0) is 6.07 Å². The first-order chi connectivity index (χ1) is 9.20. The van der Waals surface area contributed by atoms with Crippen LogP contribution in [0.4, 0.5) is 11.9 Å². The second-order valence-electron chi connectivity index (χ2n) is 4.12. The topological polar surface area (TPSA) is 124 Å². The van der Waals surface area contributed by atoms with E-state index in [1.165, 1.54) is 4.68 Å². The first-order valence-electron chi connectivity index (χ1n) is 5.75. The minimum absolute atomic E-state index is 0.00632. The number of nitrogens with one attached hydrogen (secondary N) is 2. The Morgan fingerprint density at radius 2 is 2.32 bits per heavy atom. The maximum atomic E-state index is 11.1. The Morgan fingerprint density at radius 3 is 3.00 bits per heavy atom. The first-order valence-corrected chi connectivity index (χ1v) is 5.75. The average molecular weight is 260 g/mol. The molecule has 1 aliphatic heterocycles. The van der Waals surface area contributed by atoms with Gasteiger partial charge in [0.15, 0.2) is 0 Å². The summed E-state index contributed by atoms with van der Waals surface area (Å²) in [6.45, 7) is 0.543. The summed E-state index contributed by atoms with van der Waals surface area (Å²) in [7, 11) is 0. The highest BCUT2D eigenvalue weighted by Crippen LogP contribution is 2.10. The Morgan fingerprint density at radius 1 is 1.42 bits per heavy atom. The molecule has 4 N–H and O–H groups in total. The Bertz CT molecular complexity index is 596. The van der Waals surface area contributed by atoms with Gasteiger partial charge in [0.1, 0.15) is 0 Å². The zero-order valence-corrected chi connectivity index (χ0v) is 9.95. The second-order valence-corrected chi connectivity index (χ2v) is 4.12. The van der Waals surface area contributed by atoms with Crippen molar-refractivity contribution in [1.82, 2.24) is 30.0 Å². The highest BCUT2D eigenvalue weighted by Gasteiger charge is 2.22. The van der Waals surface area contributed by atoms with E-state index in [4.69, 9.17) is 5.73 Å². The molecule has 0 spiro atoms. The number of amides is 1. The minimum Gasteiger partial charge on any atom is -0.368 e. The molecular weight excluding hydrogens is 248 g/mol.